The van der Waals surface area contributed by atoms with Gasteiger partial charge in [-0.2, -0.15) is 0 Å². The molecule has 34 heavy (non-hydrogen) atoms. The molecule has 10 heteroatoms. The number of amides is 1. The number of anilines is 2. The van der Waals surface area contributed by atoms with Crippen molar-refractivity contribution in [2.24, 2.45) is 12.8 Å². The second-order valence-corrected chi connectivity index (χ2v) is 8.55. The van der Waals surface area contributed by atoms with Crippen LogP contribution < -0.4 is 21.4 Å². The summed E-state index contributed by atoms with van der Waals surface area (Å²) < 4.78 is 1.92. The highest BCUT2D eigenvalue weighted by Gasteiger charge is 2.26. The number of aromatic nitrogens is 3. The van der Waals surface area contributed by atoms with Gasteiger partial charge in [-0.05, 0) is 17.1 Å². The molecule has 5 N–H and O–H groups in total. The number of fused-ring (bicyclic) bond motifs is 2. The minimum Gasteiger partial charge on any atom is -0.423 e. The number of nitrogens with two attached hydrogens (primary N) is 1. The molecule has 2 aromatic heterocycles. The fraction of sp³-hybridized carbons (Fsp3) is 0.208. The molecule has 4 aromatic rings. The van der Waals surface area contributed by atoms with Crippen LogP contribution in [-0.4, -0.2) is 51.2 Å². The highest BCUT2D eigenvalue weighted by molar-refractivity contribution is 6.58. The van der Waals surface area contributed by atoms with Crippen LogP contribution in [0.4, 0.5) is 11.5 Å². The third-order valence-electron chi connectivity index (χ3n) is 6.25. The van der Waals surface area contributed by atoms with Crippen molar-refractivity contribution >= 4 is 40.8 Å². The Kier molecular flexibility index (Phi) is 5.47. The van der Waals surface area contributed by atoms with Gasteiger partial charge in [0.15, 0.2) is 11.6 Å². The Morgan fingerprint density at radius 3 is 2.71 bits per heavy atom. The van der Waals surface area contributed by atoms with Crippen molar-refractivity contribution in [1.82, 2.24) is 14.5 Å². The Balaban J connectivity index is 1.58. The van der Waals surface area contributed by atoms with E-state index in [2.05, 4.69) is 10.2 Å². The number of aryl methyl sites for hydroxylation is 1. The number of primary amides is 1. The number of carbonyl (C=O) groups excluding carboxylic acids is 1. The van der Waals surface area contributed by atoms with Gasteiger partial charge in [0.05, 0.1) is 11.4 Å². The first-order valence-electron chi connectivity index (χ1n) is 11.0. The largest absolute Gasteiger partial charge is 0.488 e. The molecule has 0 unspecified atom stereocenters. The highest BCUT2D eigenvalue weighted by Crippen LogP contribution is 2.37. The fourth-order valence-electron chi connectivity index (χ4n) is 4.59. The molecule has 0 spiro atoms. The normalized spacial score (nSPS) is 12.8. The maximum Gasteiger partial charge on any atom is 0.488 e. The molecule has 2 aromatic carbocycles. The van der Waals surface area contributed by atoms with Gasteiger partial charge in [-0.1, -0.05) is 36.4 Å². The van der Waals surface area contributed by atoms with E-state index in [-0.39, 0.29) is 0 Å². The first-order valence-corrected chi connectivity index (χ1v) is 11.0. The van der Waals surface area contributed by atoms with Crippen molar-refractivity contribution in [3.63, 3.8) is 0 Å². The number of carbonyl (C=O) groups is 1. The lowest BCUT2D eigenvalue weighted by atomic mass is 9.80. The summed E-state index contributed by atoms with van der Waals surface area (Å²) in [6.45, 7) is 1.30. The van der Waals surface area contributed by atoms with E-state index < -0.39 is 13.0 Å². The van der Waals surface area contributed by atoms with Crippen LogP contribution in [0.2, 0.25) is 0 Å². The molecule has 1 aliphatic rings. The van der Waals surface area contributed by atoms with Crippen molar-refractivity contribution < 1.29 is 14.8 Å². The van der Waals surface area contributed by atoms with E-state index >= 15 is 0 Å². The molecule has 0 radical (unpaired) electrons. The second-order valence-electron chi connectivity index (χ2n) is 8.55. The van der Waals surface area contributed by atoms with Gasteiger partial charge in [0.1, 0.15) is 5.69 Å². The number of hydrogen-bond donors (Lipinski definition) is 4. The molecular weight excluding hydrogens is 431 g/mol. The van der Waals surface area contributed by atoms with Crippen LogP contribution in [0, 0.1) is 0 Å². The van der Waals surface area contributed by atoms with Crippen molar-refractivity contribution in [2.45, 2.75) is 13.0 Å². The zero-order valence-corrected chi connectivity index (χ0v) is 19.0. The third kappa shape index (κ3) is 3.76. The van der Waals surface area contributed by atoms with Gasteiger partial charge >= 0.3 is 7.12 Å². The first-order chi connectivity index (χ1) is 16.3. The van der Waals surface area contributed by atoms with Gasteiger partial charge < -0.3 is 30.6 Å². The summed E-state index contributed by atoms with van der Waals surface area (Å²) in [5, 5.41) is 24.0. The quantitative estimate of drug-likeness (QED) is 0.319. The summed E-state index contributed by atoms with van der Waals surface area (Å²) >= 11 is 0. The maximum absolute atomic E-state index is 11.9. The highest BCUT2D eigenvalue weighted by atomic mass is 16.4. The van der Waals surface area contributed by atoms with Crippen molar-refractivity contribution in [2.75, 3.05) is 23.8 Å². The standard InChI is InChI=1S/C24H25BN6O3/c1-30-10-9-19-21(30)23(27-12-14-5-3-6-15(11-14)25(33)34)29-24(28-19)20-16-7-4-8-17(22(26)32)18(16)13-31(20)2/h3-8,11,13,33-34H,9-10,12H2,1-2H3,(H2,26,32)(H,27,28,29). The fourth-order valence-corrected chi connectivity index (χ4v) is 4.59. The number of likely N-dealkylation sites (N-methyl/N-ethyl adjacent to an activating group) is 1. The lowest BCUT2D eigenvalue weighted by molar-refractivity contribution is 0.100. The van der Waals surface area contributed by atoms with E-state index in [1.54, 1.807) is 24.3 Å². The minimum atomic E-state index is -1.52. The van der Waals surface area contributed by atoms with Crippen molar-refractivity contribution in [3.05, 3.63) is 65.5 Å². The molecule has 1 aliphatic heterocycles. The zero-order valence-electron chi connectivity index (χ0n) is 19.0. The van der Waals surface area contributed by atoms with Gasteiger partial charge in [0, 0.05) is 56.1 Å². The Bertz CT molecular complexity index is 1420. The van der Waals surface area contributed by atoms with Crippen LogP contribution in [0.15, 0.2) is 48.7 Å². The van der Waals surface area contributed by atoms with Crippen LogP contribution >= 0.6 is 0 Å². The summed E-state index contributed by atoms with van der Waals surface area (Å²) in [6.07, 6.45) is 2.68. The summed E-state index contributed by atoms with van der Waals surface area (Å²) in [7, 11) is 2.40. The van der Waals surface area contributed by atoms with Crippen LogP contribution in [0.3, 0.4) is 0 Å². The molecule has 0 fully saturated rings. The average molecular weight is 456 g/mol. The van der Waals surface area contributed by atoms with Gasteiger partial charge in [-0.15, -0.1) is 0 Å². The summed E-state index contributed by atoms with van der Waals surface area (Å²) in [6, 6.07) is 12.6. The molecular formula is C24H25BN6O3. The number of rotatable bonds is 6. The van der Waals surface area contributed by atoms with E-state index in [0.717, 1.165) is 46.4 Å². The summed E-state index contributed by atoms with van der Waals surface area (Å²) in [5.41, 5.74) is 10.1. The van der Waals surface area contributed by atoms with Gasteiger partial charge in [-0.3, -0.25) is 4.79 Å². The smallest absolute Gasteiger partial charge is 0.423 e. The van der Waals surface area contributed by atoms with Crippen LogP contribution in [0.5, 0.6) is 0 Å². The maximum atomic E-state index is 11.9. The third-order valence-corrected chi connectivity index (χ3v) is 6.25. The van der Waals surface area contributed by atoms with E-state index in [4.69, 9.17) is 15.7 Å². The van der Waals surface area contributed by atoms with E-state index in [9.17, 15) is 14.8 Å². The second kappa shape index (κ2) is 8.47. The topological polar surface area (TPSA) is 130 Å². The summed E-state index contributed by atoms with van der Waals surface area (Å²) in [5.74, 6) is 0.794. The van der Waals surface area contributed by atoms with E-state index in [0.29, 0.717) is 29.2 Å². The molecule has 0 bridgehead atoms. The predicted octanol–water partition coefficient (Wildman–Crippen LogP) is 1.02. The molecule has 9 nitrogen and oxygen atoms in total. The minimum absolute atomic E-state index is 0.436. The molecule has 0 atom stereocenters. The SMILES string of the molecule is CN1CCc2nc(-c3c4cccc(C(N)=O)c4cn3C)nc(NCc3cccc(B(O)O)c3)c21. The molecule has 5 rings (SSSR count). The van der Waals surface area contributed by atoms with E-state index in [1.807, 2.05) is 43.1 Å². The van der Waals surface area contributed by atoms with Gasteiger partial charge in [0.2, 0.25) is 5.91 Å². The number of benzene rings is 2. The summed E-state index contributed by atoms with van der Waals surface area (Å²) in [4.78, 5) is 23.8. The van der Waals surface area contributed by atoms with Crippen LogP contribution in [0.1, 0.15) is 21.6 Å². The Hall–Kier alpha value is -3.89. The number of nitrogens with zero attached hydrogens (tertiary/aromatic N) is 4. The van der Waals surface area contributed by atoms with Crippen molar-refractivity contribution in [3.8, 4) is 11.5 Å². The van der Waals surface area contributed by atoms with Gasteiger partial charge in [-0.25, -0.2) is 9.97 Å². The van der Waals surface area contributed by atoms with Crippen molar-refractivity contribution in [1.29, 1.82) is 0 Å². The molecule has 1 amide bonds. The Morgan fingerprint density at radius 2 is 1.94 bits per heavy atom. The predicted molar refractivity (Wildman–Crippen MR) is 133 cm³/mol. The molecule has 0 saturated heterocycles. The molecule has 172 valence electrons. The Morgan fingerprint density at radius 1 is 1.15 bits per heavy atom. The average Bonchev–Trinajstić information content (AvgIpc) is 3.36. The number of nitrogens with one attached hydrogen (secondary N) is 1. The first kappa shape index (κ1) is 21.9. The number of hydrogen-bond acceptors (Lipinski definition) is 7. The van der Waals surface area contributed by atoms with Crippen LogP contribution in [-0.2, 0) is 20.0 Å². The lowest BCUT2D eigenvalue weighted by Gasteiger charge is -2.18. The lowest BCUT2D eigenvalue weighted by Crippen LogP contribution is -2.30. The molecule has 0 aliphatic carbocycles. The zero-order chi connectivity index (χ0) is 24.0. The van der Waals surface area contributed by atoms with Gasteiger partial charge in [0.25, 0.3) is 0 Å². The molecule has 3 heterocycles. The van der Waals surface area contributed by atoms with E-state index in [1.165, 1.54) is 0 Å². The monoisotopic (exact) mass is 456 g/mol. The van der Waals surface area contributed by atoms with Crippen LogP contribution in [0.25, 0.3) is 22.3 Å². The Labute approximate surface area is 197 Å². The molecule has 0 saturated carbocycles.